The van der Waals surface area contributed by atoms with Gasteiger partial charge in [0, 0.05) is 26.8 Å². The molecule has 0 aromatic heterocycles. The van der Waals surface area contributed by atoms with Gasteiger partial charge < -0.3 is 29.1 Å². The first-order valence-corrected chi connectivity index (χ1v) is 15.3. The Morgan fingerprint density at radius 3 is 2.08 bits per heavy atom. The lowest BCUT2D eigenvalue weighted by atomic mass is 10.1. The highest BCUT2D eigenvalue weighted by atomic mass is 28.4. The van der Waals surface area contributed by atoms with Crippen molar-refractivity contribution in [3.05, 3.63) is 11.3 Å². The van der Waals surface area contributed by atoms with E-state index in [2.05, 4.69) is 39.2 Å². The van der Waals surface area contributed by atoms with Crippen molar-refractivity contribution in [2.45, 2.75) is 116 Å². The number of aliphatic hydroxyl groups excluding tert-OH is 1. The van der Waals surface area contributed by atoms with E-state index in [-0.39, 0.29) is 18.0 Å². The molecule has 2 N–H and O–H groups in total. The predicted molar refractivity (Wildman–Crippen MR) is 137 cm³/mol. The van der Waals surface area contributed by atoms with E-state index in [0.29, 0.717) is 0 Å². The number of likely N-dealkylation sites (tertiary alicyclic amines) is 1. The van der Waals surface area contributed by atoms with Gasteiger partial charge in [-0.25, -0.2) is 14.4 Å². The van der Waals surface area contributed by atoms with Crippen molar-refractivity contribution in [3.63, 3.8) is 0 Å². The third kappa shape index (κ3) is 7.47. The molecule has 0 aromatic rings. The average Bonchev–Trinajstić information content (AvgIpc) is 3.07. The summed E-state index contributed by atoms with van der Waals surface area (Å²) < 4.78 is 22.0. The summed E-state index contributed by atoms with van der Waals surface area (Å²) in [5.41, 5.74) is -1.47. The van der Waals surface area contributed by atoms with Crippen LogP contribution in [-0.4, -0.2) is 78.4 Å². The molecule has 2 aliphatic heterocycles. The second kappa shape index (κ2) is 10.3. The third-order valence-corrected chi connectivity index (χ3v) is 11.1. The van der Waals surface area contributed by atoms with Gasteiger partial charge in [-0.1, -0.05) is 20.8 Å². The van der Waals surface area contributed by atoms with Crippen LogP contribution in [0.25, 0.3) is 0 Å². The number of carbonyl (C=O) groups is 4. The van der Waals surface area contributed by atoms with Crippen LogP contribution in [0.3, 0.4) is 0 Å². The second-order valence-corrected chi connectivity index (χ2v) is 17.3. The summed E-state index contributed by atoms with van der Waals surface area (Å²) >= 11 is 0. The molecule has 0 saturated carbocycles. The molecule has 210 valence electrons. The van der Waals surface area contributed by atoms with E-state index in [1.165, 1.54) is 25.7 Å². The van der Waals surface area contributed by atoms with Crippen molar-refractivity contribution in [1.82, 2.24) is 10.2 Å². The van der Waals surface area contributed by atoms with Gasteiger partial charge in [-0.2, -0.15) is 0 Å². The van der Waals surface area contributed by atoms with Crippen LogP contribution < -0.4 is 5.32 Å². The Kier molecular flexibility index (Phi) is 8.51. The fourth-order valence-electron chi connectivity index (χ4n) is 3.70. The monoisotopic (exact) mass is 542 g/mol. The number of carbonyl (C=O) groups excluding carboxylic acids is 4. The minimum absolute atomic E-state index is 0.0750. The molecule has 0 spiro atoms. The quantitative estimate of drug-likeness (QED) is 0.175. The van der Waals surface area contributed by atoms with Crippen LogP contribution in [0.2, 0.25) is 18.1 Å². The topological polar surface area (TPSA) is 141 Å². The molecule has 37 heavy (non-hydrogen) atoms. The van der Waals surface area contributed by atoms with Gasteiger partial charge in [0.15, 0.2) is 13.9 Å². The van der Waals surface area contributed by atoms with Crippen molar-refractivity contribution in [2.75, 3.05) is 6.54 Å². The number of ether oxygens (including phenoxy) is 3. The summed E-state index contributed by atoms with van der Waals surface area (Å²) in [5.74, 6) is -4.88. The van der Waals surface area contributed by atoms with Gasteiger partial charge in [-0.15, -0.1) is 0 Å². The number of cyclic esters (lactones) is 2. The fourth-order valence-corrected chi connectivity index (χ4v) is 5.06. The molecule has 0 bridgehead atoms. The van der Waals surface area contributed by atoms with Gasteiger partial charge in [-0.05, 0) is 45.8 Å². The van der Waals surface area contributed by atoms with Gasteiger partial charge in [0.05, 0.1) is 12.1 Å². The summed E-state index contributed by atoms with van der Waals surface area (Å²) in [6.07, 6.45) is -0.831. The smallest absolute Gasteiger partial charge is 0.411 e. The third-order valence-electron chi connectivity index (χ3n) is 6.57. The average molecular weight is 543 g/mol. The molecule has 2 amide bonds. The Morgan fingerprint density at radius 2 is 1.62 bits per heavy atom. The summed E-state index contributed by atoms with van der Waals surface area (Å²) in [7, 11) is -2.21. The molecule has 2 heterocycles. The number of hydrogen-bond donors (Lipinski definition) is 2. The Hall–Kier alpha value is -2.60. The lowest BCUT2D eigenvalue weighted by molar-refractivity contribution is -0.222. The molecular formula is C25H42N2O9Si. The maximum Gasteiger partial charge on any atom is 0.411 e. The number of nitrogens with zero attached hydrogens (tertiary/aromatic N) is 1. The van der Waals surface area contributed by atoms with Crippen molar-refractivity contribution < 1.29 is 42.9 Å². The number of amides is 2. The van der Waals surface area contributed by atoms with Crippen LogP contribution in [0.5, 0.6) is 0 Å². The zero-order valence-corrected chi connectivity index (χ0v) is 24.8. The van der Waals surface area contributed by atoms with E-state index in [9.17, 15) is 24.3 Å². The van der Waals surface area contributed by atoms with E-state index in [0.717, 1.165) is 0 Å². The maximum absolute atomic E-state index is 13.3. The molecule has 0 aromatic carbocycles. The van der Waals surface area contributed by atoms with Gasteiger partial charge >= 0.3 is 18.0 Å². The highest BCUT2D eigenvalue weighted by Gasteiger charge is 2.47. The molecule has 12 heteroatoms. The van der Waals surface area contributed by atoms with Crippen molar-refractivity contribution in [3.8, 4) is 0 Å². The Labute approximate surface area is 220 Å². The first-order chi connectivity index (χ1) is 16.5. The summed E-state index contributed by atoms with van der Waals surface area (Å²) in [6, 6.07) is -2.10. The van der Waals surface area contributed by atoms with E-state index in [1.54, 1.807) is 20.8 Å². The lowest BCUT2D eigenvalue weighted by Gasteiger charge is -2.38. The zero-order valence-electron chi connectivity index (χ0n) is 23.8. The van der Waals surface area contributed by atoms with Crippen LogP contribution in [0.15, 0.2) is 11.3 Å². The molecule has 0 aliphatic carbocycles. The minimum atomic E-state index is -2.21. The van der Waals surface area contributed by atoms with E-state index in [4.69, 9.17) is 18.6 Å². The standard InChI is InChI=1S/C25H42N2O9Si/c1-14(18(28)17-20(30)33-25(8,9)34-21(17)31)26-19(29)16-12-15(36-37(10,11)24(5,6)7)13-27(16)22(32)35-23(2,3)4/h14-16,28H,12-13H2,1-11H3,(H,26,29)/t14-,15-,16-/m0/s1. The SMILES string of the molecule is C[C@H](NC(=O)[C@@H]1C[C@H](O[Si](C)(C)C(C)(C)C)CN1C(=O)OC(C)(C)C)C(O)=C1C(=O)OC(C)(C)OC1=O. The first kappa shape index (κ1) is 30.6. The maximum atomic E-state index is 13.3. The zero-order chi connectivity index (χ0) is 28.7. The highest BCUT2D eigenvalue weighted by Crippen LogP contribution is 2.39. The molecule has 0 radical (unpaired) electrons. The van der Waals surface area contributed by atoms with Crippen LogP contribution >= 0.6 is 0 Å². The van der Waals surface area contributed by atoms with Gasteiger partial charge in [0.1, 0.15) is 17.4 Å². The molecule has 3 atom stereocenters. The summed E-state index contributed by atoms with van der Waals surface area (Å²) in [5, 5.41) is 13.1. The van der Waals surface area contributed by atoms with Crippen molar-refractivity contribution in [1.29, 1.82) is 0 Å². The Balaban J connectivity index is 2.27. The molecule has 2 saturated heterocycles. The van der Waals surface area contributed by atoms with Crippen molar-refractivity contribution in [2.24, 2.45) is 0 Å². The lowest BCUT2D eigenvalue weighted by Crippen LogP contribution is -2.50. The van der Waals surface area contributed by atoms with Gasteiger partial charge in [-0.3, -0.25) is 9.69 Å². The predicted octanol–water partition coefficient (Wildman–Crippen LogP) is 3.54. The molecular weight excluding hydrogens is 500 g/mol. The number of nitrogens with one attached hydrogen (secondary N) is 1. The van der Waals surface area contributed by atoms with Gasteiger partial charge in [0.25, 0.3) is 5.79 Å². The Morgan fingerprint density at radius 1 is 1.11 bits per heavy atom. The molecule has 0 unspecified atom stereocenters. The highest BCUT2D eigenvalue weighted by molar-refractivity contribution is 6.74. The fraction of sp³-hybridized carbons (Fsp3) is 0.760. The van der Waals surface area contributed by atoms with Gasteiger partial charge in [0.2, 0.25) is 5.91 Å². The molecule has 2 fully saturated rings. The summed E-state index contributed by atoms with van der Waals surface area (Å²) in [6.45, 7) is 20.0. The molecule has 11 nitrogen and oxygen atoms in total. The number of aliphatic hydroxyl groups is 1. The Bertz CT molecular complexity index is 954. The van der Waals surface area contributed by atoms with E-state index < -0.39 is 73.2 Å². The first-order valence-electron chi connectivity index (χ1n) is 12.4. The van der Waals surface area contributed by atoms with Crippen LogP contribution in [-0.2, 0) is 33.0 Å². The number of esters is 2. The van der Waals surface area contributed by atoms with Crippen molar-refractivity contribution >= 4 is 32.3 Å². The number of hydrogen-bond acceptors (Lipinski definition) is 9. The van der Waals surface area contributed by atoms with Crippen LogP contribution in [0.1, 0.15) is 68.7 Å². The number of rotatable bonds is 5. The van der Waals surface area contributed by atoms with E-state index in [1.807, 2.05) is 0 Å². The minimum Gasteiger partial charge on any atom is -0.509 e. The normalized spacial score (nSPS) is 23.2. The van der Waals surface area contributed by atoms with Crippen LogP contribution in [0.4, 0.5) is 4.79 Å². The van der Waals surface area contributed by atoms with Crippen LogP contribution in [0, 0.1) is 0 Å². The second-order valence-electron chi connectivity index (χ2n) is 12.6. The van der Waals surface area contributed by atoms with E-state index >= 15 is 0 Å². The summed E-state index contributed by atoms with van der Waals surface area (Å²) in [4.78, 5) is 52.3. The molecule has 2 aliphatic rings. The largest absolute Gasteiger partial charge is 0.509 e. The molecule has 2 rings (SSSR count).